The van der Waals surface area contributed by atoms with E-state index in [2.05, 4.69) is 5.32 Å². The first-order chi connectivity index (χ1) is 18.3. The summed E-state index contributed by atoms with van der Waals surface area (Å²) in [6.45, 7) is 6.22. The fourth-order valence-electron chi connectivity index (χ4n) is 4.44. The fourth-order valence-corrected chi connectivity index (χ4v) is 6.21. The van der Waals surface area contributed by atoms with Crippen molar-refractivity contribution in [3.8, 4) is 17.2 Å². The highest BCUT2D eigenvalue weighted by Crippen LogP contribution is 2.34. The number of nitrogens with zero attached hydrogens (tertiary/aromatic N) is 1. The lowest BCUT2D eigenvalue weighted by atomic mass is 10.1. The Hall–Kier alpha value is -3.49. The number of pyridine rings is 1. The Morgan fingerprint density at radius 1 is 0.921 bits per heavy atom. The lowest BCUT2D eigenvalue weighted by Gasteiger charge is -2.11. The van der Waals surface area contributed by atoms with Crippen molar-refractivity contribution in [2.24, 2.45) is 0 Å². The Labute approximate surface area is 225 Å². The van der Waals surface area contributed by atoms with Gasteiger partial charge in [0.05, 0.1) is 31.2 Å². The Bertz CT molecular complexity index is 1460. The number of fused-ring (bicyclic) bond motifs is 1. The van der Waals surface area contributed by atoms with Crippen LogP contribution >= 0.6 is 0 Å². The molecule has 4 aromatic rings. The molecule has 0 radical (unpaired) electrons. The van der Waals surface area contributed by atoms with Crippen LogP contribution in [0.25, 0.3) is 5.52 Å². The van der Waals surface area contributed by atoms with E-state index in [9.17, 15) is 8.42 Å². The number of rotatable bonds is 13. The summed E-state index contributed by atoms with van der Waals surface area (Å²) in [7, 11) is -0.414. The number of benzene rings is 2. The van der Waals surface area contributed by atoms with Gasteiger partial charge >= 0.3 is 0 Å². The Balaban J connectivity index is 1.28. The summed E-state index contributed by atoms with van der Waals surface area (Å²) in [5.74, 6) is 2.19. The van der Waals surface area contributed by atoms with E-state index < -0.39 is 9.84 Å². The van der Waals surface area contributed by atoms with Gasteiger partial charge in [-0.15, -0.1) is 0 Å². The molecule has 0 atom stereocenters. The third kappa shape index (κ3) is 6.14. The summed E-state index contributed by atoms with van der Waals surface area (Å²) in [6.07, 6.45) is 5.50. The average Bonchev–Trinajstić information content (AvgIpc) is 3.34. The van der Waals surface area contributed by atoms with Gasteiger partial charge in [0.25, 0.3) is 0 Å². The maximum Gasteiger partial charge on any atom is 0.209 e. The summed E-state index contributed by atoms with van der Waals surface area (Å²) in [5, 5.41) is 3.43. The topological polar surface area (TPSA) is 78.3 Å². The molecule has 2 aromatic heterocycles. The van der Waals surface area contributed by atoms with Crippen LogP contribution in [0.5, 0.6) is 17.2 Å². The van der Waals surface area contributed by atoms with Crippen LogP contribution in [0.15, 0.2) is 82.8 Å². The van der Waals surface area contributed by atoms with Gasteiger partial charge in [0.2, 0.25) is 9.84 Å². The predicted molar refractivity (Wildman–Crippen MR) is 150 cm³/mol. The third-order valence-electron chi connectivity index (χ3n) is 6.49. The van der Waals surface area contributed by atoms with Gasteiger partial charge in [0.1, 0.15) is 10.6 Å². The molecule has 0 unspecified atom stereocenters. The lowest BCUT2D eigenvalue weighted by molar-refractivity contribution is 0.308. The third-order valence-corrected chi connectivity index (χ3v) is 8.37. The zero-order valence-corrected chi connectivity index (χ0v) is 23.3. The highest BCUT2D eigenvalue weighted by molar-refractivity contribution is 7.91. The molecule has 0 saturated carbocycles. The number of sulfone groups is 1. The molecule has 38 heavy (non-hydrogen) atoms. The SMILES string of the molecule is COc1ccc(CCNCCCOc2ccc(S(=O)(=O)c3c(C(C)C)cn4ccccc34)cc2)cc1OC. The van der Waals surface area contributed by atoms with Crippen molar-refractivity contribution in [2.45, 2.75) is 42.4 Å². The van der Waals surface area contributed by atoms with E-state index in [0.29, 0.717) is 22.8 Å². The van der Waals surface area contributed by atoms with Crippen molar-refractivity contribution in [2.75, 3.05) is 33.9 Å². The number of hydrogen-bond donors (Lipinski definition) is 1. The quantitative estimate of drug-likeness (QED) is 0.227. The molecule has 0 aliphatic carbocycles. The molecule has 1 N–H and O–H groups in total. The second-order valence-corrected chi connectivity index (χ2v) is 11.3. The van der Waals surface area contributed by atoms with Crippen LogP contribution in [0.4, 0.5) is 0 Å². The monoisotopic (exact) mass is 536 g/mol. The number of methoxy groups -OCH3 is 2. The van der Waals surface area contributed by atoms with Crippen molar-refractivity contribution in [1.82, 2.24) is 9.72 Å². The molecule has 8 heteroatoms. The summed E-state index contributed by atoms with van der Waals surface area (Å²) in [5.41, 5.74) is 2.68. The second kappa shape index (κ2) is 12.4. The first kappa shape index (κ1) is 27.5. The molecule has 0 bridgehead atoms. The minimum absolute atomic E-state index is 0.0786. The highest BCUT2D eigenvalue weighted by atomic mass is 32.2. The van der Waals surface area contributed by atoms with Crippen LogP contribution in [-0.2, 0) is 16.3 Å². The molecule has 0 spiro atoms. The van der Waals surface area contributed by atoms with Crippen LogP contribution in [0, 0.1) is 0 Å². The first-order valence-corrected chi connectivity index (χ1v) is 14.3. The summed E-state index contributed by atoms with van der Waals surface area (Å²) in [4.78, 5) is 0.640. The Morgan fingerprint density at radius 3 is 2.39 bits per heavy atom. The maximum atomic E-state index is 13.6. The van der Waals surface area contributed by atoms with Crippen molar-refractivity contribution >= 4 is 15.4 Å². The minimum Gasteiger partial charge on any atom is -0.494 e. The van der Waals surface area contributed by atoms with E-state index >= 15 is 0 Å². The molecule has 202 valence electrons. The van der Waals surface area contributed by atoms with Crippen molar-refractivity contribution in [3.05, 3.63) is 84.2 Å². The molecule has 4 rings (SSSR count). The van der Waals surface area contributed by atoms with Crippen LogP contribution < -0.4 is 19.5 Å². The smallest absolute Gasteiger partial charge is 0.209 e. The van der Waals surface area contributed by atoms with E-state index in [0.717, 1.165) is 43.0 Å². The summed E-state index contributed by atoms with van der Waals surface area (Å²) < 4.78 is 45.6. The fraction of sp³-hybridized carbons (Fsp3) is 0.333. The van der Waals surface area contributed by atoms with E-state index in [1.165, 1.54) is 5.56 Å². The first-order valence-electron chi connectivity index (χ1n) is 12.8. The molecule has 0 saturated heterocycles. The van der Waals surface area contributed by atoms with E-state index in [-0.39, 0.29) is 10.8 Å². The minimum atomic E-state index is -3.68. The standard InChI is InChI=1S/C30H36N2O5S/c1-22(2)26-21-32-18-6-5-8-27(32)30(26)38(33,34)25-12-10-24(11-13-25)37-19-7-16-31-17-15-23-9-14-28(35-3)29(20-23)36-4/h5-6,8-14,18,20-22,31H,7,15-17,19H2,1-4H3. The number of ether oxygens (including phenoxy) is 3. The van der Waals surface area contributed by atoms with Gasteiger partial charge < -0.3 is 23.9 Å². The van der Waals surface area contributed by atoms with Crippen LogP contribution in [-0.4, -0.2) is 46.7 Å². The predicted octanol–water partition coefficient (Wildman–Crippen LogP) is 5.51. The zero-order valence-electron chi connectivity index (χ0n) is 22.4. The largest absolute Gasteiger partial charge is 0.494 e. The number of hydrogen-bond acceptors (Lipinski definition) is 6. The normalized spacial score (nSPS) is 11.7. The lowest BCUT2D eigenvalue weighted by Crippen LogP contribution is -2.20. The average molecular weight is 537 g/mol. The molecular formula is C30H36N2O5S. The molecule has 2 heterocycles. The molecule has 7 nitrogen and oxygen atoms in total. The van der Waals surface area contributed by atoms with Gasteiger partial charge in [0, 0.05) is 12.4 Å². The highest BCUT2D eigenvalue weighted by Gasteiger charge is 2.27. The van der Waals surface area contributed by atoms with E-state index in [4.69, 9.17) is 14.2 Å². The Morgan fingerprint density at radius 2 is 1.68 bits per heavy atom. The molecular weight excluding hydrogens is 500 g/mol. The van der Waals surface area contributed by atoms with Crippen LogP contribution in [0.2, 0.25) is 0 Å². The zero-order chi connectivity index (χ0) is 27.1. The van der Waals surface area contributed by atoms with Gasteiger partial charge in [-0.25, -0.2) is 8.42 Å². The van der Waals surface area contributed by atoms with Gasteiger partial charge in [-0.2, -0.15) is 0 Å². The summed E-state index contributed by atoms with van der Waals surface area (Å²) in [6, 6.07) is 18.3. The molecule has 2 aromatic carbocycles. The number of nitrogens with one attached hydrogen (secondary N) is 1. The van der Waals surface area contributed by atoms with E-state index in [1.807, 2.05) is 67.0 Å². The summed E-state index contributed by atoms with van der Waals surface area (Å²) >= 11 is 0. The van der Waals surface area contributed by atoms with Gasteiger partial charge in [-0.1, -0.05) is 26.0 Å². The van der Waals surface area contributed by atoms with Crippen molar-refractivity contribution in [3.63, 3.8) is 0 Å². The molecule has 0 aliphatic rings. The molecule has 0 fully saturated rings. The maximum absolute atomic E-state index is 13.6. The number of aromatic nitrogens is 1. The Kier molecular flexibility index (Phi) is 8.97. The van der Waals surface area contributed by atoms with Gasteiger partial charge in [0.15, 0.2) is 11.5 Å². The molecule has 0 amide bonds. The van der Waals surface area contributed by atoms with E-state index in [1.54, 1.807) is 38.5 Å². The van der Waals surface area contributed by atoms with Gasteiger partial charge in [-0.05, 0) is 91.5 Å². The van der Waals surface area contributed by atoms with Gasteiger partial charge in [-0.3, -0.25) is 0 Å². The van der Waals surface area contributed by atoms with Crippen molar-refractivity contribution in [1.29, 1.82) is 0 Å². The van der Waals surface area contributed by atoms with Crippen LogP contribution in [0.1, 0.15) is 37.3 Å². The second-order valence-electron chi connectivity index (χ2n) is 9.43. The van der Waals surface area contributed by atoms with Crippen LogP contribution in [0.3, 0.4) is 0 Å². The molecule has 0 aliphatic heterocycles. The van der Waals surface area contributed by atoms with Crippen molar-refractivity contribution < 1.29 is 22.6 Å².